The van der Waals surface area contributed by atoms with Crippen molar-refractivity contribution < 1.29 is 9.13 Å². The van der Waals surface area contributed by atoms with Crippen LogP contribution in [0.1, 0.15) is 11.4 Å². The van der Waals surface area contributed by atoms with Crippen molar-refractivity contribution in [2.45, 2.75) is 25.5 Å². The van der Waals surface area contributed by atoms with Gasteiger partial charge in [0.15, 0.2) is 0 Å². The molecule has 4 nitrogen and oxygen atoms in total. The lowest BCUT2D eigenvalue weighted by molar-refractivity contribution is 0.207. The second-order valence-electron chi connectivity index (χ2n) is 4.73. The summed E-state index contributed by atoms with van der Waals surface area (Å²) in [4.78, 5) is 4.28. The molecule has 100 valence electrons. The molecule has 5 heteroatoms. The quantitative estimate of drug-likeness (QED) is 0.908. The first-order valence-electron chi connectivity index (χ1n) is 6.41. The zero-order chi connectivity index (χ0) is 13.2. The Kier molecular flexibility index (Phi) is 3.21. The lowest BCUT2D eigenvalue weighted by Crippen LogP contribution is -2.22. The average molecular weight is 261 g/mol. The molecule has 0 fully saturated rings. The van der Waals surface area contributed by atoms with Crippen molar-refractivity contribution in [3.05, 3.63) is 47.8 Å². The Morgan fingerprint density at radius 1 is 1.47 bits per heavy atom. The standard InChI is InChI=1S/C14H16FN3O/c15-11-1-2-13-10(7-11)8-12(19-13)9-18-6-5-17-14(18)3-4-16/h1-2,5-7,12H,3-4,8-9,16H2. The third-order valence-electron chi connectivity index (χ3n) is 3.33. The summed E-state index contributed by atoms with van der Waals surface area (Å²) in [5.41, 5.74) is 6.49. The summed E-state index contributed by atoms with van der Waals surface area (Å²) in [6.45, 7) is 1.29. The second kappa shape index (κ2) is 5.01. The van der Waals surface area contributed by atoms with Gasteiger partial charge in [0.2, 0.25) is 0 Å². The van der Waals surface area contributed by atoms with E-state index in [1.165, 1.54) is 6.07 Å². The molecule has 1 aliphatic rings. The summed E-state index contributed by atoms with van der Waals surface area (Å²) < 4.78 is 21.0. The van der Waals surface area contributed by atoms with E-state index in [0.717, 1.165) is 30.0 Å². The fourth-order valence-corrected chi connectivity index (χ4v) is 2.47. The molecule has 1 aromatic carbocycles. The van der Waals surface area contributed by atoms with Gasteiger partial charge in [-0.3, -0.25) is 0 Å². The molecule has 2 N–H and O–H groups in total. The minimum Gasteiger partial charge on any atom is -0.488 e. The number of rotatable bonds is 4. The monoisotopic (exact) mass is 261 g/mol. The number of nitrogens with two attached hydrogens (primary N) is 1. The van der Waals surface area contributed by atoms with Gasteiger partial charge in [-0.1, -0.05) is 0 Å². The lowest BCUT2D eigenvalue weighted by atomic mass is 10.1. The Labute approximate surface area is 111 Å². The van der Waals surface area contributed by atoms with Crippen molar-refractivity contribution >= 4 is 0 Å². The molecular formula is C14H16FN3O. The predicted octanol–water partition coefficient (Wildman–Crippen LogP) is 1.53. The fraction of sp³-hybridized carbons (Fsp3) is 0.357. The zero-order valence-electron chi connectivity index (χ0n) is 10.6. The molecule has 1 aromatic heterocycles. The van der Waals surface area contributed by atoms with Crippen LogP contribution < -0.4 is 10.5 Å². The topological polar surface area (TPSA) is 53.1 Å². The van der Waals surface area contributed by atoms with Crippen molar-refractivity contribution in [2.75, 3.05) is 6.54 Å². The van der Waals surface area contributed by atoms with E-state index >= 15 is 0 Å². The van der Waals surface area contributed by atoms with Gasteiger partial charge in [0, 0.05) is 30.8 Å². The van der Waals surface area contributed by atoms with Crippen LogP contribution >= 0.6 is 0 Å². The van der Waals surface area contributed by atoms with Crippen LogP contribution in [0.5, 0.6) is 5.75 Å². The molecule has 0 saturated carbocycles. The highest BCUT2D eigenvalue weighted by Gasteiger charge is 2.24. The molecule has 0 radical (unpaired) electrons. The van der Waals surface area contributed by atoms with Crippen LogP contribution in [-0.2, 0) is 19.4 Å². The maximum atomic E-state index is 13.1. The number of nitrogens with zero attached hydrogens (tertiary/aromatic N) is 2. The highest BCUT2D eigenvalue weighted by Crippen LogP contribution is 2.29. The molecular weight excluding hydrogens is 245 g/mol. The minimum atomic E-state index is -0.213. The predicted molar refractivity (Wildman–Crippen MR) is 69.5 cm³/mol. The molecule has 0 aliphatic carbocycles. The second-order valence-corrected chi connectivity index (χ2v) is 4.73. The molecule has 3 rings (SSSR count). The Morgan fingerprint density at radius 3 is 3.21 bits per heavy atom. The smallest absolute Gasteiger partial charge is 0.123 e. The highest BCUT2D eigenvalue weighted by atomic mass is 19.1. The van der Waals surface area contributed by atoms with E-state index in [4.69, 9.17) is 10.5 Å². The van der Waals surface area contributed by atoms with E-state index in [0.29, 0.717) is 13.1 Å². The molecule has 1 aliphatic heterocycles. The number of benzene rings is 1. The Hall–Kier alpha value is -1.88. The number of hydrogen-bond donors (Lipinski definition) is 1. The maximum absolute atomic E-state index is 13.1. The van der Waals surface area contributed by atoms with E-state index < -0.39 is 0 Å². The van der Waals surface area contributed by atoms with Crippen LogP contribution in [0, 0.1) is 5.82 Å². The Balaban J connectivity index is 1.71. The van der Waals surface area contributed by atoms with Crippen molar-refractivity contribution in [2.24, 2.45) is 5.73 Å². The summed E-state index contributed by atoms with van der Waals surface area (Å²) >= 11 is 0. The van der Waals surface area contributed by atoms with Crippen LogP contribution in [0.15, 0.2) is 30.6 Å². The number of ether oxygens (including phenoxy) is 1. The first-order valence-corrected chi connectivity index (χ1v) is 6.41. The highest BCUT2D eigenvalue weighted by molar-refractivity contribution is 5.37. The number of aromatic nitrogens is 2. The third kappa shape index (κ3) is 2.46. The normalized spacial score (nSPS) is 17.3. The molecule has 0 amide bonds. The fourth-order valence-electron chi connectivity index (χ4n) is 2.47. The van der Waals surface area contributed by atoms with Crippen molar-refractivity contribution in [3.8, 4) is 5.75 Å². The Morgan fingerprint density at radius 2 is 2.37 bits per heavy atom. The first-order chi connectivity index (χ1) is 9.26. The van der Waals surface area contributed by atoms with Gasteiger partial charge >= 0.3 is 0 Å². The van der Waals surface area contributed by atoms with Crippen LogP contribution in [0.25, 0.3) is 0 Å². The van der Waals surface area contributed by atoms with E-state index in [1.807, 2.05) is 6.20 Å². The van der Waals surface area contributed by atoms with E-state index in [9.17, 15) is 4.39 Å². The molecule has 19 heavy (non-hydrogen) atoms. The van der Waals surface area contributed by atoms with E-state index in [-0.39, 0.29) is 11.9 Å². The van der Waals surface area contributed by atoms with E-state index in [2.05, 4.69) is 9.55 Å². The van der Waals surface area contributed by atoms with Crippen LogP contribution in [0.3, 0.4) is 0 Å². The van der Waals surface area contributed by atoms with Crippen molar-refractivity contribution in [3.63, 3.8) is 0 Å². The van der Waals surface area contributed by atoms with Crippen LogP contribution in [0.2, 0.25) is 0 Å². The van der Waals surface area contributed by atoms with Gasteiger partial charge in [-0.15, -0.1) is 0 Å². The average Bonchev–Trinajstić information content (AvgIpc) is 2.97. The molecule has 1 atom stereocenters. The maximum Gasteiger partial charge on any atom is 0.123 e. The van der Waals surface area contributed by atoms with Gasteiger partial charge in [-0.25, -0.2) is 9.37 Å². The summed E-state index contributed by atoms with van der Waals surface area (Å²) in [6.07, 6.45) is 5.21. The van der Waals surface area contributed by atoms with E-state index in [1.54, 1.807) is 18.3 Å². The summed E-state index contributed by atoms with van der Waals surface area (Å²) in [5, 5.41) is 0. The molecule has 0 bridgehead atoms. The zero-order valence-corrected chi connectivity index (χ0v) is 10.6. The molecule has 0 spiro atoms. The summed E-state index contributed by atoms with van der Waals surface area (Å²) in [7, 11) is 0. The van der Waals surface area contributed by atoms with Crippen molar-refractivity contribution in [1.82, 2.24) is 9.55 Å². The van der Waals surface area contributed by atoms with Crippen LogP contribution in [-0.4, -0.2) is 22.2 Å². The van der Waals surface area contributed by atoms with Crippen LogP contribution in [0.4, 0.5) is 4.39 Å². The largest absolute Gasteiger partial charge is 0.488 e. The van der Waals surface area contributed by atoms with Gasteiger partial charge in [0.05, 0.1) is 6.54 Å². The minimum absolute atomic E-state index is 0.0301. The summed E-state index contributed by atoms with van der Waals surface area (Å²) in [6, 6.07) is 4.67. The number of imidazole rings is 1. The van der Waals surface area contributed by atoms with Gasteiger partial charge in [-0.05, 0) is 24.7 Å². The summed E-state index contributed by atoms with van der Waals surface area (Å²) in [5.74, 6) is 1.54. The molecule has 1 unspecified atom stereocenters. The molecule has 2 heterocycles. The van der Waals surface area contributed by atoms with Gasteiger partial charge < -0.3 is 15.0 Å². The van der Waals surface area contributed by atoms with Gasteiger partial charge in [-0.2, -0.15) is 0 Å². The first kappa shape index (κ1) is 12.2. The lowest BCUT2D eigenvalue weighted by Gasteiger charge is -2.13. The number of fused-ring (bicyclic) bond motifs is 1. The molecule has 2 aromatic rings. The van der Waals surface area contributed by atoms with Crippen molar-refractivity contribution in [1.29, 1.82) is 0 Å². The number of hydrogen-bond acceptors (Lipinski definition) is 3. The Bertz CT molecular complexity index is 582. The van der Waals surface area contributed by atoms with Gasteiger partial charge in [0.1, 0.15) is 23.5 Å². The molecule has 0 saturated heterocycles. The third-order valence-corrected chi connectivity index (χ3v) is 3.33. The SMILES string of the molecule is NCCc1nccn1CC1Cc2cc(F)ccc2O1. The number of halogens is 1. The van der Waals surface area contributed by atoms with Gasteiger partial charge in [0.25, 0.3) is 0 Å².